The number of benzene rings is 1. The van der Waals surface area contributed by atoms with Crippen molar-refractivity contribution in [1.82, 2.24) is 20.3 Å². The Morgan fingerprint density at radius 2 is 1.92 bits per heavy atom. The lowest BCUT2D eigenvalue weighted by Crippen LogP contribution is -2.19. The van der Waals surface area contributed by atoms with Crippen LogP contribution in [0.15, 0.2) is 48.8 Å². The van der Waals surface area contributed by atoms with E-state index in [4.69, 9.17) is 9.97 Å². The number of pyridine rings is 1. The lowest BCUT2D eigenvalue weighted by molar-refractivity contribution is 0.0963. The number of nitrogens with zero attached hydrogens (tertiary/aromatic N) is 3. The van der Waals surface area contributed by atoms with E-state index in [9.17, 15) is 4.79 Å². The van der Waals surface area contributed by atoms with E-state index in [2.05, 4.69) is 15.6 Å². The van der Waals surface area contributed by atoms with Gasteiger partial charge >= 0.3 is 0 Å². The molecule has 1 aromatic carbocycles. The highest BCUT2D eigenvalue weighted by atomic mass is 16.1. The lowest BCUT2D eigenvalue weighted by Gasteiger charge is -2.14. The molecule has 1 aliphatic rings. The van der Waals surface area contributed by atoms with E-state index in [1.807, 2.05) is 30.3 Å². The third-order valence-corrected chi connectivity index (χ3v) is 4.51. The zero-order valence-corrected chi connectivity index (χ0v) is 14.5. The molecule has 0 atom stereocenters. The summed E-state index contributed by atoms with van der Waals surface area (Å²) >= 11 is 0. The molecule has 0 fully saturated rings. The van der Waals surface area contributed by atoms with E-state index in [-0.39, 0.29) is 5.91 Å². The number of hydrogen-bond donors (Lipinski definition) is 2. The van der Waals surface area contributed by atoms with Crippen molar-refractivity contribution in [1.29, 1.82) is 0 Å². The Labute approximate surface area is 151 Å². The van der Waals surface area contributed by atoms with Crippen LogP contribution in [0.25, 0.3) is 11.4 Å². The van der Waals surface area contributed by atoms with Crippen molar-refractivity contribution >= 4 is 17.4 Å². The number of aromatic nitrogens is 3. The van der Waals surface area contributed by atoms with Crippen LogP contribution in [-0.2, 0) is 12.8 Å². The standard InChI is InChI=1S/C20H19N5O/c1-21-20(26)15-12-22-11-10-17(15)24-19-14-8-5-9-16(14)23-18(25-19)13-6-3-2-4-7-13/h2-4,6-7,10-12H,5,8-9H2,1H3,(H,21,26)(H,22,23,24,25). The van der Waals surface area contributed by atoms with Crippen LogP contribution < -0.4 is 10.6 Å². The maximum absolute atomic E-state index is 12.1. The number of rotatable bonds is 4. The van der Waals surface area contributed by atoms with Crippen LogP contribution in [-0.4, -0.2) is 27.9 Å². The Balaban J connectivity index is 1.78. The highest BCUT2D eigenvalue weighted by molar-refractivity contribution is 5.99. The third kappa shape index (κ3) is 3.01. The van der Waals surface area contributed by atoms with E-state index in [0.717, 1.165) is 41.9 Å². The van der Waals surface area contributed by atoms with Crippen molar-refractivity contribution in [3.05, 3.63) is 65.6 Å². The first kappa shape index (κ1) is 16.2. The molecule has 4 rings (SSSR count). The first-order chi connectivity index (χ1) is 12.8. The van der Waals surface area contributed by atoms with Gasteiger partial charge in [-0.3, -0.25) is 9.78 Å². The van der Waals surface area contributed by atoms with Gasteiger partial charge in [0, 0.05) is 36.3 Å². The molecule has 2 N–H and O–H groups in total. The van der Waals surface area contributed by atoms with Gasteiger partial charge in [0.2, 0.25) is 0 Å². The molecule has 6 heteroatoms. The SMILES string of the molecule is CNC(=O)c1cnccc1Nc1nc(-c2ccccc2)nc2c1CCC2. The van der Waals surface area contributed by atoms with Gasteiger partial charge in [0.25, 0.3) is 5.91 Å². The molecule has 130 valence electrons. The van der Waals surface area contributed by atoms with Crippen molar-refractivity contribution in [2.45, 2.75) is 19.3 Å². The van der Waals surface area contributed by atoms with Crippen LogP contribution >= 0.6 is 0 Å². The lowest BCUT2D eigenvalue weighted by atomic mass is 10.1. The molecule has 2 heterocycles. The number of hydrogen-bond acceptors (Lipinski definition) is 5. The smallest absolute Gasteiger partial charge is 0.254 e. The maximum atomic E-state index is 12.1. The Kier molecular flexibility index (Phi) is 4.31. The maximum Gasteiger partial charge on any atom is 0.254 e. The second-order valence-electron chi connectivity index (χ2n) is 6.17. The fraction of sp³-hybridized carbons (Fsp3) is 0.200. The number of anilines is 2. The summed E-state index contributed by atoms with van der Waals surface area (Å²) in [4.78, 5) is 25.7. The minimum atomic E-state index is -0.186. The molecule has 26 heavy (non-hydrogen) atoms. The van der Waals surface area contributed by atoms with Crippen LogP contribution in [0, 0.1) is 0 Å². The van der Waals surface area contributed by atoms with E-state index < -0.39 is 0 Å². The summed E-state index contributed by atoms with van der Waals surface area (Å²) in [6.45, 7) is 0. The monoisotopic (exact) mass is 345 g/mol. The predicted octanol–water partition coefficient (Wildman–Crippen LogP) is 3.13. The van der Waals surface area contributed by atoms with Crippen LogP contribution in [0.4, 0.5) is 11.5 Å². The summed E-state index contributed by atoms with van der Waals surface area (Å²) in [6.07, 6.45) is 6.17. The van der Waals surface area contributed by atoms with Gasteiger partial charge in [-0.1, -0.05) is 30.3 Å². The Morgan fingerprint density at radius 1 is 1.08 bits per heavy atom. The first-order valence-electron chi connectivity index (χ1n) is 8.64. The highest BCUT2D eigenvalue weighted by Crippen LogP contribution is 2.31. The Bertz CT molecular complexity index is 956. The largest absolute Gasteiger partial charge is 0.355 e. The quantitative estimate of drug-likeness (QED) is 0.759. The van der Waals surface area contributed by atoms with Crippen molar-refractivity contribution in [2.75, 3.05) is 12.4 Å². The summed E-state index contributed by atoms with van der Waals surface area (Å²) < 4.78 is 0. The number of nitrogens with one attached hydrogen (secondary N) is 2. The van der Waals surface area contributed by atoms with Gasteiger partial charge in [-0.2, -0.15) is 0 Å². The van der Waals surface area contributed by atoms with Gasteiger partial charge in [0.15, 0.2) is 5.82 Å². The van der Waals surface area contributed by atoms with Crippen molar-refractivity contribution in [2.24, 2.45) is 0 Å². The first-order valence-corrected chi connectivity index (χ1v) is 8.64. The summed E-state index contributed by atoms with van der Waals surface area (Å²) in [7, 11) is 1.61. The van der Waals surface area contributed by atoms with Gasteiger partial charge in [0.05, 0.1) is 11.3 Å². The molecule has 0 unspecified atom stereocenters. The number of carbonyl (C=O) groups excluding carboxylic acids is 1. The number of aryl methyl sites for hydroxylation is 1. The topological polar surface area (TPSA) is 79.8 Å². The normalized spacial score (nSPS) is 12.5. The number of fused-ring (bicyclic) bond motifs is 1. The van der Waals surface area contributed by atoms with E-state index in [1.54, 1.807) is 25.5 Å². The summed E-state index contributed by atoms with van der Waals surface area (Å²) in [5, 5.41) is 5.99. The highest BCUT2D eigenvalue weighted by Gasteiger charge is 2.21. The molecule has 3 aromatic rings. The van der Waals surface area contributed by atoms with Crippen LogP contribution in [0.5, 0.6) is 0 Å². The second-order valence-corrected chi connectivity index (χ2v) is 6.17. The van der Waals surface area contributed by atoms with E-state index in [1.165, 1.54) is 0 Å². The molecule has 1 aliphatic carbocycles. The molecular weight excluding hydrogens is 326 g/mol. The zero-order chi connectivity index (χ0) is 17.9. The fourth-order valence-electron chi connectivity index (χ4n) is 3.20. The number of carbonyl (C=O) groups is 1. The van der Waals surface area contributed by atoms with Gasteiger partial charge in [0.1, 0.15) is 5.82 Å². The van der Waals surface area contributed by atoms with E-state index >= 15 is 0 Å². The molecule has 1 amide bonds. The molecule has 0 saturated heterocycles. The Hall–Kier alpha value is -3.28. The van der Waals surface area contributed by atoms with Crippen LogP contribution in [0.2, 0.25) is 0 Å². The van der Waals surface area contributed by atoms with Crippen molar-refractivity contribution in [3.63, 3.8) is 0 Å². The molecule has 0 aliphatic heterocycles. The number of amides is 1. The summed E-state index contributed by atoms with van der Waals surface area (Å²) in [5.41, 5.74) is 4.36. The van der Waals surface area contributed by atoms with Crippen molar-refractivity contribution in [3.8, 4) is 11.4 Å². The minimum Gasteiger partial charge on any atom is -0.355 e. The summed E-state index contributed by atoms with van der Waals surface area (Å²) in [5.74, 6) is 1.28. The van der Waals surface area contributed by atoms with Gasteiger partial charge < -0.3 is 10.6 Å². The minimum absolute atomic E-state index is 0.186. The molecule has 2 aromatic heterocycles. The van der Waals surface area contributed by atoms with Crippen LogP contribution in [0.3, 0.4) is 0 Å². The van der Waals surface area contributed by atoms with Crippen molar-refractivity contribution < 1.29 is 4.79 Å². The molecule has 6 nitrogen and oxygen atoms in total. The summed E-state index contributed by atoms with van der Waals surface area (Å²) in [6, 6.07) is 11.7. The molecule has 0 spiro atoms. The fourth-order valence-corrected chi connectivity index (χ4v) is 3.20. The molecular formula is C20H19N5O. The van der Waals surface area contributed by atoms with Gasteiger partial charge in [-0.15, -0.1) is 0 Å². The van der Waals surface area contributed by atoms with Gasteiger partial charge in [-0.05, 0) is 25.3 Å². The Morgan fingerprint density at radius 3 is 2.73 bits per heavy atom. The molecule has 0 bridgehead atoms. The third-order valence-electron chi connectivity index (χ3n) is 4.51. The second kappa shape index (κ2) is 6.92. The van der Waals surface area contributed by atoms with E-state index in [0.29, 0.717) is 17.1 Å². The average Bonchev–Trinajstić information content (AvgIpc) is 3.17. The van der Waals surface area contributed by atoms with Gasteiger partial charge in [-0.25, -0.2) is 9.97 Å². The predicted molar refractivity (Wildman–Crippen MR) is 100 cm³/mol. The van der Waals surface area contributed by atoms with Crippen LogP contribution in [0.1, 0.15) is 28.0 Å². The zero-order valence-electron chi connectivity index (χ0n) is 14.5. The molecule has 0 radical (unpaired) electrons. The molecule has 0 saturated carbocycles. The average molecular weight is 345 g/mol.